The van der Waals surface area contributed by atoms with Crippen LogP contribution in [0, 0.1) is 6.92 Å². The van der Waals surface area contributed by atoms with Crippen molar-refractivity contribution in [1.82, 2.24) is 5.32 Å². The molecule has 0 bridgehead atoms. The molecule has 0 aromatic heterocycles. The maximum Gasteiger partial charge on any atom is 0.0582 e. The molecule has 1 fully saturated rings. The Bertz CT molecular complexity index is 371. The number of aryl methyl sites for hydroxylation is 1. The largest absolute Gasteiger partial charge is 0.378 e. The molecule has 2 rings (SSSR count). The molecule has 2 heteroatoms. The molecule has 19 heavy (non-hydrogen) atoms. The van der Waals surface area contributed by atoms with E-state index in [4.69, 9.17) is 4.74 Å². The van der Waals surface area contributed by atoms with Crippen molar-refractivity contribution in [3.05, 3.63) is 35.4 Å². The molecule has 1 aliphatic heterocycles. The van der Waals surface area contributed by atoms with E-state index in [0.29, 0.717) is 12.0 Å². The van der Waals surface area contributed by atoms with E-state index in [-0.39, 0.29) is 0 Å². The molecule has 1 N–H and O–H groups in total. The van der Waals surface area contributed by atoms with Crippen molar-refractivity contribution < 1.29 is 4.74 Å². The Morgan fingerprint density at radius 3 is 3.00 bits per heavy atom. The second-order valence-electron chi connectivity index (χ2n) is 5.69. The van der Waals surface area contributed by atoms with Crippen molar-refractivity contribution >= 4 is 0 Å². The summed E-state index contributed by atoms with van der Waals surface area (Å²) in [5.41, 5.74) is 2.81. The third-order valence-electron chi connectivity index (χ3n) is 3.90. The summed E-state index contributed by atoms with van der Waals surface area (Å²) in [5.74, 6) is 0.578. The highest BCUT2D eigenvalue weighted by molar-refractivity contribution is 5.26. The van der Waals surface area contributed by atoms with Gasteiger partial charge < -0.3 is 10.1 Å². The monoisotopic (exact) mass is 261 g/mol. The first-order valence-electron chi connectivity index (χ1n) is 7.68. The highest BCUT2D eigenvalue weighted by atomic mass is 16.5. The molecule has 2 atom stereocenters. The Balaban J connectivity index is 1.99. The van der Waals surface area contributed by atoms with Crippen LogP contribution in [0.3, 0.4) is 0 Å². The highest BCUT2D eigenvalue weighted by Gasteiger charge is 2.21. The minimum Gasteiger partial charge on any atom is -0.378 e. The Hall–Kier alpha value is -0.860. The Kier molecular flexibility index (Phi) is 5.87. The molecule has 1 heterocycles. The molecule has 1 aliphatic rings. The minimum atomic E-state index is 0.467. The summed E-state index contributed by atoms with van der Waals surface area (Å²) in [6.45, 7) is 7.51. The third kappa shape index (κ3) is 4.63. The van der Waals surface area contributed by atoms with Crippen LogP contribution in [0.5, 0.6) is 0 Å². The summed E-state index contributed by atoms with van der Waals surface area (Å²) in [7, 11) is 0. The van der Waals surface area contributed by atoms with E-state index in [2.05, 4.69) is 43.4 Å². The Morgan fingerprint density at radius 1 is 1.42 bits per heavy atom. The van der Waals surface area contributed by atoms with Crippen molar-refractivity contribution in [3.8, 4) is 0 Å². The van der Waals surface area contributed by atoms with E-state index in [1.54, 1.807) is 0 Å². The second-order valence-corrected chi connectivity index (χ2v) is 5.69. The summed E-state index contributed by atoms with van der Waals surface area (Å²) in [6.07, 6.45) is 5.28. The molecule has 0 spiro atoms. The first kappa shape index (κ1) is 14.5. The van der Waals surface area contributed by atoms with Gasteiger partial charge in [0.1, 0.15) is 0 Å². The van der Waals surface area contributed by atoms with Gasteiger partial charge in [-0.1, -0.05) is 36.8 Å². The molecular weight excluding hydrogens is 234 g/mol. The predicted molar refractivity (Wildman–Crippen MR) is 80.7 cm³/mol. The Labute approximate surface area is 117 Å². The highest BCUT2D eigenvalue weighted by Crippen LogP contribution is 2.27. The summed E-state index contributed by atoms with van der Waals surface area (Å²) in [5, 5.41) is 3.57. The first-order valence-corrected chi connectivity index (χ1v) is 7.68. The van der Waals surface area contributed by atoms with Crippen LogP contribution in [0.1, 0.15) is 49.7 Å². The second kappa shape index (κ2) is 7.66. The van der Waals surface area contributed by atoms with E-state index in [0.717, 1.165) is 26.1 Å². The van der Waals surface area contributed by atoms with Crippen LogP contribution >= 0.6 is 0 Å². The van der Waals surface area contributed by atoms with Crippen LogP contribution in [-0.2, 0) is 4.74 Å². The van der Waals surface area contributed by atoms with Crippen LogP contribution in [0.25, 0.3) is 0 Å². The van der Waals surface area contributed by atoms with Gasteiger partial charge in [0.15, 0.2) is 0 Å². The van der Waals surface area contributed by atoms with Crippen molar-refractivity contribution in [1.29, 1.82) is 0 Å². The van der Waals surface area contributed by atoms with Gasteiger partial charge in [-0.25, -0.2) is 0 Å². The fourth-order valence-electron chi connectivity index (χ4n) is 2.86. The quantitative estimate of drug-likeness (QED) is 0.757. The molecule has 0 saturated carbocycles. The lowest BCUT2D eigenvalue weighted by Crippen LogP contribution is -2.25. The van der Waals surface area contributed by atoms with Crippen molar-refractivity contribution in [2.75, 3.05) is 19.7 Å². The minimum absolute atomic E-state index is 0.467. The van der Waals surface area contributed by atoms with Crippen LogP contribution in [-0.4, -0.2) is 25.8 Å². The summed E-state index contributed by atoms with van der Waals surface area (Å²) >= 11 is 0. The molecule has 2 nitrogen and oxygen atoms in total. The van der Waals surface area contributed by atoms with Gasteiger partial charge in [0.05, 0.1) is 6.10 Å². The fourth-order valence-corrected chi connectivity index (χ4v) is 2.86. The average Bonchev–Trinajstić information content (AvgIpc) is 2.91. The average molecular weight is 261 g/mol. The van der Waals surface area contributed by atoms with Gasteiger partial charge in [0.2, 0.25) is 0 Å². The first-order chi connectivity index (χ1) is 9.29. The maximum atomic E-state index is 5.81. The maximum absolute atomic E-state index is 5.81. The van der Waals surface area contributed by atoms with Gasteiger partial charge >= 0.3 is 0 Å². The molecule has 2 unspecified atom stereocenters. The number of hydrogen-bond acceptors (Lipinski definition) is 2. The van der Waals surface area contributed by atoms with E-state index in [1.807, 2.05) is 0 Å². The lowest BCUT2D eigenvalue weighted by atomic mass is 9.91. The molecule has 0 amide bonds. The fraction of sp³-hybridized carbons (Fsp3) is 0.647. The molecule has 1 saturated heterocycles. The predicted octanol–water partition coefficient (Wildman–Crippen LogP) is 3.65. The molecule has 0 radical (unpaired) electrons. The number of nitrogens with one attached hydrogen (secondary N) is 1. The van der Waals surface area contributed by atoms with Crippen molar-refractivity contribution in [3.63, 3.8) is 0 Å². The Morgan fingerprint density at radius 2 is 2.32 bits per heavy atom. The molecule has 106 valence electrons. The zero-order valence-electron chi connectivity index (χ0n) is 12.3. The number of benzene rings is 1. The SMILES string of the molecule is CCCNCC(CC1CCCO1)c1cccc(C)c1. The molecule has 1 aromatic rings. The van der Waals surface area contributed by atoms with E-state index in [9.17, 15) is 0 Å². The normalized spacial score (nSPS) is 20.6. The lowest BCUT2D eigenvalue weighted by Gasteiger charge is -2.21. The van der Waals surface area contributed by atoms with Gasteiger partial charge in [-0.2, -0.15) is 0 Å². The molecule has 1 aromatic carbocycles. The third-order valence-corrected chi connectivity index (χ3v) is 3.90. The number of ether oxygens (including phenoxy) is 1. The summed E-state index contributed by atoms with van der Waals surface area (Å²) < 4.78 is 5.81. The van der Waals surface area contributed by atoms with Gasteiger partial charge in [-0.15, -0.1) is 0 Å². The lowest BCUT2D eigenvalue weighted by molar-refractivity contribution is 0.0977. The smallest absolute Gasteiger partial charge is 0.0582 e. The van der Waals surface area contributed by atoms with Gasteiger partial charge in [0.25, 0.3) is 0 Å². The van der Waals surface area contributed by atoms with E-state index >= 15 is 0 Å². The number of hydrogen-bond donors (Lipinski definition) is 1. The van der Waals surface area contributed by atoms with Crippen LogP contribution in [0.4, 0.5) is 0 Å². The van der Waals surface area contributed by atoms with Crippen molar-refractivity contribution in [2.45, 2.75) is 51.6 Å². The van der Waals surface area contributed by atoms with Crippen molar-refractivity contribution in [2.24, 2.45) is 0 Å². The van der Waals surface area contributed by atoms with Gasteiger partial charge in [0, 0.05) is 13.2 Å². The standard InChI is InChI=1S/C17H27NO/c1-3-9-18-13-16(12-17-8-5-10-19-17)15-7-4-6-14(2)11-15/h4,6-7,11,16-18H,3,5,8-10,12-13H2,1-2H3. The summed E-state index contributed by atoms with van der Waals surface area (Å²) in [6, 6.07) is 8.94. The van der Waals surface area contributed by atoms with Gasteiger partial charge in [-0.3, -0.25) is 0 Å². The van der Waals surface area contributed by atoms with Crippen LogP contribution < -0.4 is 5.32 Å². The van der Waals surface area contributed by atoms with Gasteiger partial charge in [-0.05, 0) is 50.6 Å². The summed E-state index contributed by atoms with van der Waals surface area (Å²) in [4.78, 5) is 0. The molecular formula is C17H27NO. The zero-order valence-corrected chi connectivity index (χ0v) is 12.3. The number of rotatable bonds is 7. The zero-order chi connectivity index (χ0) is 13.5. The molecule has 0 aliphatic carbocycles. The van der Waals surface area contributed by atoms with Crippen LogP contribution in [0.15, 0.2) is 24.3 Å². The van der Waals surface area contributed by atoms with E-state index in [1.165, 1.54) is 30.4 Å². The van der Waals surface area contributed by atoms with Crippen LogP contribution in [0.2, 0.25) is 0 Å². The van der Waals surface area contributed by atoms with E-state index < -0.39 is 0 Å². The topological polar surface area (TPSA) is 21.3 Å².